The first-order valence-electron chi connectivity index (χ1n) is 14.7. The zero-order chi connectivity index (χ0) is 35.4. The number of nitrogens with two attached hydrogens (primary N) is 1. The van der Waals surface area contributed by atoms with Crippen LogP contribution in [0.25, 0.3) is 0 Å². The highest BCUT2D eigenvalue weighted by molar-refractivity contribution is 7.97. The van der Waals surface area contributed by atoms with Crippen LogP contribution in [-0.2, 0) is 23.9 Å². The molecule has 1 aromatic rings. The standard InChI is InChI=1S/C30H37F5N4O7S/c1-16(2)22(36)28(44)38-14-21(15-47-38)27(43)39(23(17(3)4)24(46-18(5)40)29(31,32)30(33,34)35)26(42)20-8-6-19(7-9-20)25(41)37-10-12-45-13-11-37/h6-9,16-17,21-22H,10-15,36H2,1-5H3/b24-23+/t21?,22-/m0/s1. The number of morpholine rings is 1. The van der Waals surface area contributed by atoms with Gasteiger partial charge in [0.2, 0.25) is 17.6 Å². The zero-order valence-electron chi connectivity index (χ0n) is 26.4. The van der Waals surface area contributed by atoms with Crippen molar-refractivity contribution in [3.63, 3.8) is 0 Å². The summed E-state index contributed by atoms with van der Waals surface area (Å²) < 4.78 is 82.2. The Morgan fingerprint density at radius 1 is 0.979 bits per heavy atom. The van der Waals surface area contributed by atoms with Crippen molar-refractivity contribution in [3.8, 4) is 0 Å². The first-order chi connectivity index (χ1) is 21.8. The summed E-state index contributed by atoms with van der Waals surface area (Å²) in [5.41, 5.74) is 4.57. The normalized spacial score (nSPS) is 18.6. The number of hydrogen-bond donors (Lipinski definition) is 1. The van der Waals surface area contributed by atoms with E-state index in [-0.39, 0.29) is 34.2 Å². The maximum Gasteiger partial charge on any atom is 0.461 e. The highest BCUT2D eigenvalue weighted by Gasteiger charge is 2.64. The molecule has 2 saturated heterocycles. The van der Waals surface area contributed by atoms with E-state index in [9.17, 15) is 37.1 Å². The molecule has 1 unspecified atom stereocenters. The fourth-order valence-corrected chi connectivity index (χ4v) is 5.90. The molecule has 1 aromatic carbocycles. The Kier molecular flexibility index (Phi) is 12.2. The van der Waals surface area contributed by atoms with Crippen LogP contribution in [0.1, 0.15) is 55.3 Å². The van der Waals surface area contributed by atoms with Gasteiger partial charge in [0.15, 0.2) is 0 Å². The number of alkyl halides is 5. The van der Waals surface area contributed by atoms with Crippen molar-refractivity contribution in [3.05, 3.63) is 46.8 Å². The quantitative estimate of drug-likeness (QED) is 0.134. The van der Waals surface area contributed by atoms with Gasteiger partial charge in [0.25, 0.3) is 11.8 Å². The summed E-state index contributed by atoms with van der Waals surface area (Å²) in [6, 6.07) is 3.82. The number of esters is 1. The highest BCUT2D eigenvalue weighted by Crippen LogP contribution is 2.45. The van der Waals surface area contributed by atoms with E-state index < -0.39 is 71.0 Å². The molecule has 17 heteroatoms. The molecule has 2 fully saturated rings. The lowest BCUT2D eigenvalue weighted by Gasteiger charge is -2.32. The van der Waals surface area contributed by atoms with Gasteiger partial charge >= 0.3 is 18.1 Å². The molecule has 0 radical (unpaired) electrons. The third kappa shape index (κ3) is 8.48. The lowest BCUT2D eigenvalue weighted by molar-refractivity contribution is -0.276. The summed E-state index contributed by atoms with van der Waals surface area (Å²) >= 11 is 0.890. The minimum absolute atomic E-state index is 0.143. The summed E-state index contributed by atoms with van der Waals surface area (Å²) in [6.07, 6.45) is -6.28. The van der Waals surface area contributed by atoms with Crippen molar-refractivity contribution in [2.75, 3.05) is 38.6 Å². The number of hydrogen-bond acceptors (Lipinski definition) is 9. The second-order valence-corrected chi connectivity index (χ2v) is 12.7. The van der Waals surface area contributed by atoms with Gasteiger partial charge in [-0.15, -0.1) is 0 Å². The van der Waals surface area contributed by atoms with E-state index in [1.165, 1.54) is 21.3 Å². The maximum atomic E-state index is 15.1. The minimum atomic E-state index is -6.28. The Balaban J connectivity index is 2.14. The highest BCUT2D eigenvalue weighted by atomic mass is 32.2. The molecule has 0 bridgehead atoms. The third-order valence-corrected chi connectivity index (χ3v) is 8.62. The molecule has 2 heterocycles. The Morgan fingerprint density at radius 3 is 2.02 bits per heavy atom. The molecular formula is C30H37F5N4O7S. The molecule has 47 heavy (non-hydrogen) atoms. The summed E-state index contributed by atoms with van der Waals surface area (Å²) in [6.45, 7) is 7.22. The van der Waals surface area contributed by atoms with Gasteiger partial charge in [-0.25, -0.2) is 4.90 Å². The van der Waals surface area contributed by atoms with Crippen LogP contribution in [0.4, 0.5) is 22.0 Å². The van der Waals surface area contributed by atoms with E-state index in [4.69, 9.17) is 10.5 Å². The first kappa shape index (κ1) is 37.9. The fraction of sp³-hybridized carbons (Fsp3) is 0.567. The molecule has 2 aliphatic rings. The first-order valence-corrected chi connectivity index (χ1v) is 15.7. The van der Waals surface area contributed by atoms with Crippen molar-refractivity contribution in [1.29, 1.82) is 0 Å². The Hall–Kier alpha value is -3.57. The second-order valence-electron chi connectivity index (χ2n) is 11.7. The molecule has 4 amide bonds. The number of carbonyl (C=O) groups excluding carboxylic acids is 5. The average Bonchev–Trinajstić information content (AvgIpc) is 3.51. The number of amides is 4. The molecule has 0 saturated carbocycles. The molecule has 260 valence electrons. The maximum absolute atomic E-state index is 15.1. The van der Waals surface area contributed by atoms with Crippen LogP contribution >= 0.6 is 11.9 Å². The zero-order valence-corrected chi connectivity index (χ0v) is 27.3. The number of allylic oxidation sites excluding steroid dienone is 2. The van der Waals surface area contributed by atoms with Crippen molar-refractivity contribution < 1.29 is 55.4 Å². The lowest BCUT2D eigenvalue weighted by Crippen LogP contribution is -2.48. The van der Waals surface area contributed by atoms with Crippen LogP contribution in [0.3, 0.4) is 0 Å². The SMILES string of the molecule is CC(=O)O/C(=C(\C(C)C)N(C(=O)c1ccc(C(=O)N2CCOCC2)cc1)C(=O)C1CSN(C(=O)[C@@H](N)C(C)C)C1)C(F)(F)C(F)(F)F. The van der Waals surface area contributed by atoms with Crippen molar-refractivity contribution in [1.82, 2.24) is 14.1 Å². The van der Waals surface area contributed by atoms with Crippen LogP contribution in [0, 0.1) is 17.8 Å². The number of halogens is 5. The number of imide groups is 1. The second kappa shape index (κ2) is 15.1. The van der Waals surface area contributed by atoms with Gasteiger partial charge in [-0.2, -0.15) is 22.0 Å². The average molecular weight is 693 g/mol. The van der Waals surface area contributed by atoms with E-state index in [1.54, 1.807) is 13.8 Å². The topological polar surface area (TPSA) is 140 Å². The fourth-order valence-electron chi connectivity index (χ4n) is 4.76. The van der Waals surface area contributed by atoms with Crippen LogP contribution in [-0.4, -0.2) is 100 Å². The van der Waals surface area contributed by atoms with Crippen LogP contribution in [0.15, 0.2) is 35.7 Å². The molecular weight excluding hydrogens is 655 g/mol. The van der Waals surface area contributed by atoms with Gasteiger partial charge < -0.3 is 20.1 Å². The van der Waals surface area contributed by atoms with Crippen molar-refractivity contribution in [2.45, 2.75) is 52.8 Å². The molecule has 2 aliphatic heterocycles. The van der Waals surface area contributed by atoms with E-state index in [0.717, 1.165) is 37.9 Å². The number of carbonyl (C=O) groups is 5. The third-order valence-electron chi connectivity index (χ3n) is 7.42. The largest absolute Gasteiger partial charge is 0.461 e. The summed E-state index contributed by atoms with van der Waals surface area (Å²) in [4.78, 5) is 67.4. The molecule has 2 atom stereocenters. The van der Waals surface area contributed by atoms with E-state index in [2.05, 4.69) is 4.74 Å². The summed E-state index contributed by atoms with van der Waals surface area (Å²) in [5, 5.41) is 0. The molecule has 2 N–H and O–H groups in total. The number of ether oxygens (including phenoxy) is 2. The van der Waals surface area contributed by atoms with Crippen LogP contribution in [0.5, 0.6) is 0 Å². The molecule has 3 rings (SSSR count). The molecule has 11 nitrogen and oxygen atoms in total. The minimum Gasteiger partial charge on any atom is -0.422 e. The number of benzene rings is 1. The van der Waals surface area contributed by atoms with Gasteiger partial charge in [-0.3, -0.25) is 28.3 Å². The Bertz CT molecular complexity index is 1400. The van der Waals surface area contributed by atoms with Gasteiger partial charge in [0, 0.05) is 43.4 Å². The molecule has 0 aromatic heterocycles. The van der Waals surface area contributed by atoms with Gasteiger partial charge in [-0.1, -0.05) is 27.7 Å². The van der Waals surface area contributed by atoms with Crippen LogP contribution < -0.4 is 5.73 Å². The van der Waals surface area contributed by atoms with Crippen molar-refractivity contribution in [2.24, 2.45) is 23.5 Å². The monoisotopic (exact) mass is 692 g/mol. The Morgan fingerprint density at radius 2 is 1.53 bits per heavy atom. The predicted molar refractivity (Wildman–Crippen MR) is 159 cm³/mol. The summed E-state index contributed by atoms with van der Waals surface area (Å²) in [7, 11) is 0. The number of rotatable bonds is 9. The van der Waals surface area contributed by atoms with E-state index >= 15 is 8.78 Å². The number of nitrogens with zero attached hydrogens (tertiary/aromatic N) is 3. The van der Waals surface area contributed by atoms with E-state index in [1.807, 2.05) is 0 Å². The molecule has 0 spiro atoms. The summed E-state index contributed by atoms with van der Waals surface area (Å²) in [5.74, 6) is -16.1. The van der Waals surface area contributed by atoms with Crippen molar-refractivity contribution >= 4 is 41.5 Å². The lowest BCUT2D eigenvalue weighted by atomic mass is 9.99. The Labute approximate surface area is 272 Å². The van der Waals surface area contributed by atoms with Gasteiger partial charge in [-0.05, 0) is 48.0 Å². The smallest absolute Gasteiger partial charge is 0.422 e. The predicted octanol–water partition coefficient (Wildman–Crippen LogP) is 3.85. The molecule has 0 aliphatic carbocycles. The van der Waals surface area contributed by atoms with E-state index in [0.29, 0.717) is 33.2 Å². The van der Waals surface area contributed by atoms with Crippen LogP contribution in [0.2, 0.25) is 0 Å². The van der Waals surface area contributed by atoms with Gasteiger partial charge in [0.1, 0.15) is 0 Å². The van der Waals surface area contributed by atoms with Gasteiger partial charge in [0.05, 0.1) is 30.9 Å².